The molecule has 22 heavy (non-hydrogen) atoms. The van der Waals surface area contributed by atoms with Crippen molar-refractivity contribution in [3.8, 4) is 0 Å². The Labute approximate surface area is 126 Å². The second-order valence-corrected chi connectivity index (χ2v) is 5.33. The van der Waals surface area contributed by atoms with Crippen LogP contribution in [0.5, 0.6) is 0 Å². The SMILES string of the molecule is O=C(c1cc(F)ccc1F)N1CCCC1c1ccc(F)cc1. The monoisotopic (exact) mass is 305 g/mol. The topological polar surface area (TPSA) is 20.3 Å². The largest absolute Gasteiger partial charge is 0.332 e. The van der Waals surface area contributed by atoms with Gasteiger partial charge in [-0.1, -0.05) is 12.1 Å². The summed E-state index contributed by atoms with van der Waals surface area (Å²) in [7, 11) is 0. The molecule has 2 aromatic rings. The van der Waals surface area contributed by atoms with Crippen molar-refractivity contribution >= 4 is 5.91 Å². The first-order valence-electron chi connectivity index (χ1n) is 7.08. The van der Waals surface area contributed by atoms with Crippen LogP contribution in [-0.4, -0.2) is 17.4 Å². The molecule has 1 fully saturated rings. The van der Waals surface area contributed by atoms with E-state index in [0.29, 0.717) is 13.0 Å². The minimum Gasteiger partial charge on any atom is -0.332 e. The van der Waals surface area contributed by atoms with Gasteiger partial charge < -0.3 is 4.90 Å². The van der Waals surface area contributed by atoms with Gasteiger partial charge in [0.25, 0.3) is 5.91 Å². The number of carbonyl (C=O) groups is 1. The minimum absolute atomic E-state index is 0.240. The van der Waals surface area contributed by atoms with E-state index in [-0.39, 0.29) is 17.4 Å². The normalized spacial score (nSPS) is 17.8. The predicted molar refractivity (Wildman–Crippen MR) is 75.8 cm³/mol. The predicted octanol–water partition coefficient (Wildman–Crippen LogP) is 4.08. The van der Waals surface area contributed by atoms with Gasteiger partial charge >= 0.3 is 0 Å². The van der Waals surface area contributed by atoms with E-state index in [1.165, 1.54) is 17.0 Å². The van der Waals surface area contributed by atoms with Crippen LogP contribution in [0, 0.1) is 17.5 Å². The number of nitrogens with zero attached hydrogens (tertiary/aromatic N) is 1. The molecule has 1 unspecified atom stereocenters. The molecule has 1 aliphatic rings. The average molecular weight is 305 g/mol. The molecule has 0 N–H and O–H groups in total. The molecule has 0 bridgehead atoms. The third kappa shape index (κ3) is 2.71. The smallest absolute Gasteiger partial charge is 0.257 e. The summed E-state index contributed by atoms with van der Waals surface area (Å²) < 4.78 is 40.1. The van der Waals surface area contributed by atoms with E-state index < -0.39 is 17.5 Å². The van der Waals surface area contributed by atoms with E-state index >= 15 is 0 Å². The van der Waals surface area contributed by atoms with Crippen LogP contribution < -0.4 is 0 Å². The van der Waals surface area contributed by atoms with Crippen LogP contribution >= 0.6 is 0 Å². The standard InChI is InChI=1S/C17H14F3NO/c18-12-5-3-11(4-6-12)16-2-1-9-21(16)17(22)14-10-13(19)7-8-15(14)20/h3-8,10,16H,1-2,9H2. The van der Waals surface area contributed by atoms with Crippen molar-refractivity contribution in [2.24, 2.45) is 0 Å². The Kier molecular flexibility index (Phi) is 3.88. The number of hydrogen-bond donors (Lipinski definition) is 0. The number of benzene rings is 2. The van der Waals surface area contributed by atoms with E-state index in [1.807, 2.05) is 0 Å². The lowest BCUT2D eigenvalue weighted by Gasteiger charge is -2.25. The van der Waals surface area contributed by atoms with Crippen molar-refractivity contribution in [1.29, 1.82) is 0 Å². The molecule has 0 radical (unpaired) electrons. The van der Waals surface area contributed by atoms with E-state index in [2.05, 4.69) is 0 Å². The third-order valence-electron chi connectivity index (χ3n) is 3.93. The van der Waals surface area contributed by atoms with E-state index in [9.17, 15) is 18.0 Å². The number of likely N-dealkylation sites (tertiary alicyclic amines) is 1. The molecule has 0 aliphatic carbocycles. The van der Waals surface area contributed by atoms with Gasteiger partial charge in [0.15, 0.2) is 0 Å². The van der Waals surface area contributed by atoms with Gasteiger partial charge in [-0.25, -0.2) is 13.2 Å². The zero-order chi connectivity index (χ0) is 15.7. The van der Waals surface area contributed by atoms with Crippen LogP contribution in [0.3, 0.4) is 0 Å². The molecule has 1 amide bonds. The number of carbonyl (C=O) groups excluding carboxylic acids is 1. The van der Waals surface area contributed by atoms with E-state index in [1.54, 1.807) is 12.1 Å². The Morgan fingerprint density at radius 3 is 2.41 bits per heavy atom. The van der Waals surface area contributed by atoms with Crippen molar-refractivity contribution in [3.05, 3.63) is 71.0 Å². The van der Waals surface area contributed by atoms with Gasteiger partial charge in [0.2, 0.25) is 0 Å². The molecule has 3 rings (SSSR count). The fourth-order valence-corrected chi connectivity index (χ4v) is 2.86. The summed E-state index contributed by atoms with van der Waals surface area (Å²) in [5.41, 5.74) is 0.526. The molecule has 5 heteroatoms. The van der Waals surface area contributed by atoms with Gasteiger partial charge in [-0.15, -0.1) is 0 Å². The highest BCUT2D eigenvalue weighted by molar-refractivity contribution is 5.95. The lowest BCUT2D eigenvalue weighted by atomic mass is 10.0. The molecular formula is C17H14F3NO. The summed E-state index contributed by atoms with van der Waals surface area (Å²) in [6.45, 7) is 0.469. The van der Waals surface area contributed by atoms with E-state index in [4.69, 9.17) is 0 Å². The van der Waals surface area contributed by atoms with Crippen LogP contribution in [0.2, 0.25) is 0 Å². The molecular weight excluding hydrogens is 291 g/mol. The molecule has 1 aliphatic heterocycles. The van der Waals surface area contributed by atoms with Crippen LogP contribution in [0.4, 0.5) is 13.2 Å². The zero-order valence-electron chi connectivity index (χ0n) is 11.7. The first-order chi connectivity index (χ1) is 10.6. The highest BCUT2D eigenvalue weighted by atomic mass is 19.1. The Morgan fingerprint density at radius 2 is 1.68 bits per heavy atom. The first kappa shape index (κ1) is 14.6. The quantitative estimate of drug-likeness (QED) is 0.818. The van der Waals surface area contributed by atoms with Crippen molar-refractivity contribution in [1.82, 2.24) is 4.90 Å². The highest BCUT2D eigenvalue weighted by Crippen LogP contribution is 2.33. The maximum Gasteiger partial charge on any atom is 0.257 e. The third-order valence-corrected chi connectivity index (χ3v) is 3.93. The molecule has 1 atom stereocenters. The lowest BCUT2D eigenvalue weighted by Crippen LogP contribution is -2.31. The molecule has 0 spiro atoms. The second-order valence-electron chi connectivity index (χ2n) is 5.33. The molecule has 114 valence electrons. The van der Waals surface area contributed by atoms with Crippen LogP contribution in [0.25, 0.3) is 0 Å². The van der Waals surface area contributed by atoms with Gasteiger partial charge in [0, 0.05) is 6.54 Å². The van der Waals surface area contributed by atoms with Gasteiger partial charge in [0.05, 0.1) is 11.6 Å². The zero-order valence-corrected chi connectivity index (χ0v) is 11.7. The Balaban J connectivity index is 1.91. The minimum atomic E-state index is -0.740. The lowest BCUT2D eigenvalue weighted by molar-refractivity contribution is 0.0730. The average Bonchev–Trinajstić information content (AvgIpc) is 2.99. The van der Waals surface area contributed by atoms with Crippen LogP contribution in [0.1, 0.15) is 34.8 Å². The van der Waals surface area contributed by atoms with Crippen molar-refractivity contribution in [2.75, 3.05) is 6.54 Å². The van der Waals surface area contributed by atoms with Gasteiger partial charge in [-0.2, -0.15) is 0 Å². The Bertz CT molecular complexity index is 700. The van der Waals surface area contributed by atoms with Crippen LogP contribution in [0.15, 0.2) is 42.5 Å². The molecule has 2 nitrogen and oxygen atoms in total. The molecule has 1 saturated heterocycles. The number of halogens is 3. The number of amides is 1. The van der Waals surface area contributed by atoms with Crippen LogP contribution in [-0.2, 0) is 0 Å². The fraction of sp³-hybridized carbons (Fsp3) is 0.235. The van der Waals surface area contributed by atoms with Crippen molar-refractivity contribution in [2.45, 2.75) is 18.9 Å². The fourth-order valence-electron chi connectivity index (χ4n) is 2.86. The molecule has 0 aromatic heterocycles. The Hall–Kier alpha value is -2.30. The van der Waals surface area contributed by atoms with Gasteiger partial charge in [-0.05, 0) is 48.7 Å². The maximum atomic E-state index is 13.8. The highest BCUT2D eigenvalue weighted by Gasteiger charge is 2.31. The summed E-state index contributed by atoms with van der Waals surface area (Å²) in [5, 5.41) is 0. The molecule has 0 saturated carbocycles. The van der Waals surface area contributed by atoms with Crippen molar-refractivity contribution in [3.63, 3.8) is 0 Å². The summed E-state index contributed by atoms with van der Waals surface area (Å²) in [5.74, 6) is -2.28. The van der Waals surface area contributed by atoms with Gasteiger partial charge in [-0.3, -0.25) is 4.79 Å². The summed E-state index contributed by atoms with van der Waals surface area (Å²) in [4.78, 5) is 14.0. The number of rotatable bonds is 2. The molecule has 2 aromatic carbocycles. The first-order valence-corrected chi connectivity index (χ1v) is 7.08. The van der Waals surface area contributed by atoms with E-state index in [0.717, 1.165) is 30.2 Å². The summed E-state index contributed by atoms with van der Waals surface area (Å²) in [6.07, 6.45) is 1.49. The summed E-state index contributed by atoms with van der Waals surface area (Å²) >= 11 is 0. The maximum absolute atomic E-state index is 13.8. The number of hydrogen-bond acceptors (Lipinski definition) is 1. The second kappa shape index (κ2) is 5.83. The van der Waals surface area contributed by atoms with Crippen molar-refractivity contribution < 1.29 is 18.0 Å². The molecule has 1 heterocycles. The van der Waals surface area contributed by atoms with Gasteiger partial charge in [0.1, 0.15) is 17.5 Å². The summed E-state index contributed by atoms with van der Waals surface area (Å²) in [6, 6.07) is 8.51. The Morgan fingerprint density at radius 1 is 1.00 bits per heavy atom.